The number of amides is 1. The van der Waals surface area contributed by atoms with E-state index in [-0.39, 0.29) is 23.7 Å². The van der Waals surface area contributed by atoms with Crippen molar-refractivity contribution in [1.82, 2.24) is 16.2 Å². The van der Waals surface area contributed by atoms with Crippen LogP contribution in [0, 0.1) is 11.7 Å². The summed E-state index contributed by atoms with van der Waals surface area (Å²) in [5.74, 6) is 1.09. The van der Waals surface area contributed by atoms with Gasteiger partial charge in [-0.1, -0.05) is 48.5 Å². The van der Waals surface area contributed by atoms with Gasteiger partial charge in [0.2, 0.25) is 5.91 Å². The minimum atomic E-state index is -0.173. The summed E-state index contributed by atoms with van der Waals surface area (Å²) in [6, 6.07) is 16.7. The average Bonchev–Trinajstić information content (AvgIpc) is 3.13. The van der Waals surface area contributed by atoms with Crippen molar-refractivity contribution >= 4 is 17.7 Å². The third-order valence-corrected chi connectivity index (χ3v) is 5.25. The van der Waals surface area contributed by atoms with E-state index in [4.69, 9.17) is 0 Å². The van der Waals surface area contributed by atoms with E-state index in [0.29, 0.717) is 24.4 Å². The van der Waals surface area contributed by atoms with Gasteiger partial charge in [0.1, 0.15) is 5.82 Å². The monoisotopic (exact) mass is 359 g/mol. The molecule has 0 bridgehead atoms. The maximum atomic E-state index is 13.5. The highest BCUT2D eigenvalue weighted by Crippen LogP contribution is 2.24. The minimum Gasteiger partial charge on any atom is -0.355 e. The molecule has 132 valence electrons. The van der Waals surface area contributed by atoms with Gasteiger partial charge in [0.05, 0.1) is 12.0 Å². The van der Waals surface area contributed by atoms with Crippen LogP contribution in [0.4, 0.5) is 4.39 Å². The number of hydrogen-bond donors (Lipinski definition) is 3. The van der Waals surface area contributed by atoms with E-state index >= 15 is 0 Å². The molecule has 25 heavy (non-hydrogen) atoms. The second-order valence-electron chi connectivity index (χ2n) is 5.96. The summed E-state index contributed by atoms with van der Waals surface area (Å²) in [6.07, 6.45) is 0. The average molecular weight is 359 g/mol. The summed E-state index contributed by atoms with van der Waals surface area (Å²) in [6.45, 7) is 1.18. The minimum absolute atomic E-state index is 0.0210. The lowest BCUT2D eigenvalue weighted by molar-refractivity contribution is -0.124. The van der Waals surface area contributed by atoms with Crippen LogP contribution in [0.5, 0.6) is 0 Å². The second-order valence-corrected chi connectivity index (χ2v) is 7.06. The number of rotatable bonds is 7. The Balaban J connectivity index is 1.42. The molecule has 3 rings (SSSR count). The van der Waals surface area contributed by atoms with Crippen LogP contribution >= 0.6 is 11.8 Å². The second kappa shape index (κ2) is 8.99. The fraction of sp³-hybridized carbons (Fsp3) is 0.316. The van der Waals surface area contributed by atoms with Gasteiger partial charge in [-0.2, -0.15) is 11.8 Å². The van der Waals surface area contributed by atoms with Gasteiger partial charge in [-0.15, -0.1) is 0 Å². The number of carbonyl (C=O) groups excluding carboxylic acids is 1. The molecule has 2 unspecified atom stereocenters. The Labute approximate surface area is 151 Å². The zero-order valence-electron chi connectivity index (χ0n) is 13.9. The molecule has 1 aliphatic rings. The van der Waals surface area contributed by atoms with Crippen molar-refractivity contribution in [2.24, 2.45) is 5.92 Å². The molecule has 2 aromatic carbocycles. The van der Waals surface area contributed by atoms with Gasteiger partial charge < -0.3 is 5.32 Å². The van der Waals surface area contributed by atoms with Crippen LogP contribution in [0.1, 0.15) is 17.2 Å². The van der Waals surface area contributed by atoms with Gasteiger partial charge in [0.25, 0.3) is 0 Å². The quantitative estimate of drug-likeness (QED) is 0.666. The molecule has 1 amide bonds. The molecule has 0 aliphatic carbocycles. The molecule has 2 aromatic rings. The largest absolute Gasteiger partial charge is 0.355 e. The van der Waals surface area contributed by atoms with Crippen molar-refractivity contribution in [3.63, 3.8) is 0 Å². The van der Waals surface area contributed by atoms with Crippen LogP contribution in [0.25, 0.3) is 0 Å². The summed E-state index contributed by atoms with van der Waals surface area (Å²) in [5.41, 5.74) is 8.05. The van der Waals surface area contributed by atoms with E-state index in [1.165, 1.54) is 6.07 Å². The van der Waals surface area contributed by atoms with Gasteiger partial charge >= 0.3 is 0 Å². The molecule has 1 heterocycles. The predicted molar refractivity (Wildman–Crippen MR) is 99.4 cm³/mol. The van der Waals surface area contributed by atoms with Crippen molar-refractivity contribution in [1.29, 1.82) is 0 Å². The maximum Gasteiger partial charge on any atom is 0.226 e. The Morgan fingerprint density at radius 2 is 1.92 bits per heavy atom. The SMILES string of the molecule is O=C(NCCSCc1ccccc1F)C1CNNC1c1ccccc1. The van der Waals surface area contributed by atoms with Crippen LogP contribution in [-0.2, 0) is 10.5 Å². The fourth-order valence-electron chi connectivity index (χ4n) is 2.89. The molecule has 1 aliphatic heterocycles. The summed E-state index contributed by atoms with van der Waals surface area (Å²) >= 11 is 1.62. The topological polar surface area (TPSA) is 53.2 Å². The number of hydrazine groups is 1. The summed E-state index contributed by atoms with van der Waals surface area (Å²) in [4.78, 5) is 12.5. The molecule has 6 heteroatoms. The van der Waals surface area contributed by atoms with Gasteiger partial charge in [0.15, 0.2) is 0 Å². The van der Waals surface area contributed by atoms with E-state index < -0.39 is 0 Å². The lowest BCUT2D eigenvalue weighted by Crippen LogP contribution is -2.36. The van der Waals surface area contributed by atoms with Crippen LogP contribution in [0.2, 0.25) is 0 Å². The molecule has 3 N–H and O–H groups in total. The molecule has 2 atom stereocenters. The van der Waals surface area contributed by atoms with Gasteiger partial charge in [-0.25, -0.2) is 9.82 Å². The maximum absolute atomic E-state index is 13.5. The first-order valence-corrected chi connectivity index (χ1v) is 9.53. The lowest BCUT2D eigenvalue weighted by atomic mass is 9.94. The van der Waals surface area contributed by atoms with E-state index in [0.717, 1.165) is 11.3 Å². The highest BCUT2D eigenvalue weighted by Gasteiger charge is 2.33. The first-order chi connectivity index (χ1) is 12.3. The molecule has 0 spiro atoms. The molecule has 0 saturated carbocycles. The zero-order chi connectivity index (χ0) is 17.5. The van der Waals surface area contributed by atoms with Crippen LogP contribution in [-0.4, -0.2) is 24.7 Å². The van der Waals surface area contributed by atoms with E-state index in [1.807, 2.05) is 36.4 Å². The molecule has 4 nitrogen and oxygen atoms in total. The molecule has 1 fully saturated rings. The zero-order valence-corrected chi connectivity index (χ0v) is 14.7. The smallest absolute Gasteiger partial charge is 0.226 e. The van der Waals surface area contributed by atoms with Gasteiger partial charge in [-0.3, -0.25) is 10.2 Å². The third-order valence-electron chi connectivity index (χ3n) is 4.24. The Hall–Kier alpha value is -1.89. The normalized spacial score (nSPS) is 19.7. The van der Waals surface area contributed by atoms with Crippen molar-refractivity contribution in [3.05, 3.63) is 71.5 Å². The van der Waals surface area contributed by atoms with Crippen molar-refractivity contribution in [2.45, 2.75) is 11.8 Å². The van der Waals surface area contributed by atoms with Crippen LogP contribution in [0.15, 0.2) is 54.6 Å². The number of benzene rings is 2. The molecule has 0 radical (unpaired) electrons. The molecule has 0 aromatic heterocycles. The lowest BCUT2D eigenvalue weighted by Gasteiger charge is -2.18. The summed E-state index contributed by atoms with van der Waals surface area (Å²) < 4.78 is 13.5. The van der Waals surface area contributed by atoms with Gasteiger partial charge in [0, 0.05) is 24.6 Å². The van der Waals surface area contributed by atoms with Crippen molar-refractivity contribution in [2.75, 3.05) is 18.8 Å². The Morgan fingerprint density at radius 1 is 1.16 bits per heavy atom. The first kappa shape index (κ1) is 17.9. The molecule has 1 saturated heterocycles. The Kier molecular flexibility index (Phi) is 6.44. The van der Waals surface area contributed by atoms with Crippen LogP contribution < -0.4 is 16.2 Å². The standard InChI is InChI=1S/C19H22FN3OS/c20-17-9-5-4-8-15(17)13-25-11-10-21-19(24)16-12-22-23-18(16)14-6-2-1-3-7-14/h1-9,16,18,22-23H,10-13H2,(H,21,24). The highest BCUT2D eigenvalue weighted by molar-refractivity contribution is 7.98. The fourth-order valence-corrected chi connectivity index (χ4v) is 3.74. The number of halogens is 1. The Morgan fingerprint density at radius 3 is 2.72 bits per heavy atom. The van der Waals surface area contributed by atoms with Gasteiger partial charge in [-0.05, 0) is 17.2 Å². The first-order valence-electron chi connectivity index (χ1n) is 8.38. The summed E-state index contributed by atoms with van der Waals surface area (Å²) in [5, 5.41) is 2.99. The number of nitrogens with one attached hydrogen (secondary N) is 3. The summed E-state index contributed by atoms with van der Waals surface area (Å²) in [7, 11) is 0. The van der Waals surface area contributed by atoms with E-state index in [2.05, 4.69) is 16.2 Å². The molecular weight excluding hydrogens is 337 g/mol. The van der Waals surface area contributed by atoms with E-state index in [1.54, 1.807) is 23.9 Å². The molecular formula is C19H22FN3OS. The van der Waals surface area contributed by atoms with Crippen LogP contribution in [0.3, 0.4) is 0 Å². The highest BCUT2D eigenvalue weighted by atomic mass is 32.2. The van der Waals surface area contributed by atoms with Crippen molar-refractivity contribution < 1.29 is 9.18 Å². The number of thioether (sulfide) groups is 1. The number of hydrogen-bond acceptors (Lipinski definition) is 4. The van der Waals surface area contributed by atoms with Crippen molar-refractivity contribution in [3.8, 4) is 0 Å². The predicted octanol–water partition coefficient (Wildman–Crippen LogP) is 2.64. The van der Waals surface area contributed by atoms with E-state index in [9.17, 15) is 9.18 Å². The Bertz CT molecular complexity index is 698. The third kappa shape index (κ3) is 4.81. The number of carbonyl (C=O) groups is 1.